The third-order valence-corrected chi connectivity index (χ3v) is 3.06. The van der Waals surface area contributed by atoms with Crippen molar-refractivity contribution in [2.45, 2.75) is 11.3 Å². The zero-order valence-corrected chi connectivity index (χ0v) is 10.3. The minimum absolute atomic E-state index is 0.246. The third kappa shape index (κ3) is 3.34. The monoisotopic (exact) mass is 255 g/mol. The summed E-state index contributed by atoms with van der Waals surface area (Å²) in [5, 5.41) is 6.27. The Bertz CT molecular complexity index is 425. The second-order valence-electron chi connectivity index (χ2n) is 3.57. The summed E-state index contributed by atoms with van der Waals surface area (Å²) in [6.45, 7) is 1.51. The molecule has 0 aromatic heterocycles. The molecule has 0 unspecified atom stereocenters. The summed E-state index contributed by atoms with van der Waals surface area (Å²) in [6.07, 6.45) is 0.915. The maximum Gasteiger partial charge on any atom is 0.207 e. The Morgan fingerprint density at radius 3 is 3.24 bits per heavy atom. The number of hydrogen-bond acceptors (Lipinski definition) is 5. The molecule has 1 aromatic rings. The van der Waals surface area contributed by atoms with Gasteiger partial charge in [0.15, 0.2) is 0 Å². The smallest absolute Gasteiger partial charge is 0.207 e. The van der Waals surface area contributed by atoms with Crippen molar-refractivity contribution in [1.29, 1.82) is 0 Å². The molecule has 17 heavy (non-hydrogen) atoms. The molecular formula is C11H14FN3OS. The molecule has 6 heteroatoms. The van der Waals surface area contributed by atoms with Gasteiger partial charge in [0.2, 0.25) is 5.96 Å². The van der Waals surface area contributed by atoms with Gasteiger partial charge in [0.05, 0.1) is 10.6 Å². The van der Waals surface area contributed by atoms with E-state index in [2.05, 4.69) is 15.0 Å². The van der Waals surface area contributed by atoms with E-state index in [4.69, 9.17) is 4.74 Å². The van der Waals surface area contributed by atoms with Crippen molar-refractivity contribution in [1.82, 2.24) is 5.32 Å². The highest BCUT2D eigenvalue weighted by atomic mass is 32.2. The molecule has 92 valence electrons. The van der Waals surface area contributed by atoms with Crippen molar-refractivity contribution in [3.05, 3.63) is 24.0 Å². The molecule has 0 spiro atoms. The summed E-state index contributed by atoms with van der Waals surface area (Å²) in [4.78, 5) is 0.799. The van der Waals surface area contributed by atoms with Gasteiger partial charge in [-0.3, -0.25) is 0 Å². The lowest BCUT2D eigenvalue weighted by Crippen LogP contribution is -2.32. The Kier molecular flexibility index (Phi) is 4.22. The fraction of sp³-hybridized carbons (Fsp3) is 0.364. The van der Waals surface area contributed by atoms with E-state index in [1.54, 1.807) is 13.2 Å². The zero-order valence-electron chi connectivity index (χ0n) is 9.50. The van der Waals surface area contributed by atoms with Crippen molar-refractivity contribution in [3.8, 4) is 0 Å². The average Bonchev–Trinajstić information content (AvgIpc) is 2.35. The number of nitrogens with one attached hydrogen (secondary N) is 2. The molecule has 1 aliphatic heterocycles. The van der Waals surface area contributed by atoms with Crippen LogP contribution in [0.5, 0.6) is 0 Å². The lowest BCUT2D eigenvalue weighted by molar-refractivity contribution is 0.195. The molecule has 0 atom stereocenters. The topological polar surface area (TPSA) is 45.6 Å². The van der Waals surface area contributed by atoms with E-state index in [1.165, 1.54) is 24.1 Å². The van der Waals surface area contributed by atoms with Gasteiger partial charge in [-0.1, -0.05) is 0 Å². The minimum Gasteiger partial charge on any atom is -0.385 e. The Balaban J connectivity index is 1.89. The van der Waals surface area contributed by atoms with Crippen molar-refractivity contribution >= 4 is 23.6 Å². The van der Waals surface area contributed by atoms with E-state index in [0.29, 0.717) is 5.96 Å². The summed E-state index contributed by atoms with van der Waals surface area (Å²) >= 11 is 1.27. The van der Waals surface area contributed by atoms with Crippen molar-refractivity contribution in [2.75, 3.05) is 25.6 Å². The molecule has 0 fully saturated rings. The Hall–Kier alpha value is -1.27. The number of rotatable bonds is 4. The predicted molar refractivity (Wildman–Crippen MR) is 67.8 cm³/mol. The Morgan fingerprint density at radius 2 is 2.41 bits per heavy atom. The van der Waals surface area contributed by atoms with Crippen LogP contribution in [0.2, 0.25) is 0 Å². The van der Waals surface area contributed by atoms with Crippen LogP contribution in [0.4, 0.5) is 10.1 Å². The number of benzene rings is 1. The second-order valence-corrected chi connectivity index (χ2v) is 4.37. The first kappa shape index (κ1) is 12.2. The fourth-order valence-electron chi connectivity index (χ4n) is 1.42. The highest BCUT2D eigenvalue weighted by Gasteiger charge is 2.12. The summed E-state index contributed by atoms with van der Waals surface area (Å²) in [5.74, 6) is 0.454. The SMILES string of the molecule is COCCCNC1=NSc2cc(F)ccc2N1. The number of halogens is 1. The van der Waals surface area contributed by atoms with Gasteiger partial charge in [-0.15, -0.1) is 0 Å². The van der Waals surface area contributed by atoms with Crippen LogP contribution < -0.4 is 10.6 Å². The molecule has 0 bridgehead atoms. The standard InChI is InChI=1S/C11H14FN3OS/c1-16-6-2-5-13-11-14-9-4-3-8(12)7-10(9)17-15-11/h3-4,7H,2,5-6H2,1H3,(H2,13,14,15). The molecule has 0 saturated carbocycles. The first-order chi connectivity index (χ1) is 8.29. The van der Waals surface area contributed by atoms with E-state index in [1.807, 2.05) is 0 Å². The lowest BCUT2D eigenvalue weighted by Gasteiger charge is -2.18. The summed E-state index contributed by atoms with van der Waals surface area (Å²) in [7, 11) is 1.68. The number of guanidine groups is 1. The largest absolute Gasteiger partial charge is 0.385 e. The fourth-order valence-corrected chi connectivity index (χ4v) is 2.10. The first-order valence-corrected chi connectivity index (χ1v) is 6.11. The number of fused-ring (bicyclic) bond motifs is 1. The predicted octanol–water partition coefficient (Wildman–Crippen LogP) is 2.24. The van der Waals surface area contributed by atoms with Gasteiger partial charge in [0, 0.05) is 32.2 Å². The molecule has 0 saturated heterocycles. The Morgan fingerprint density at radius 1 is 1.53 bits per heavy atom. The van der Waals surface area contributed by atoms with E-state index in [9.17, 15) is 4.39 Å². The highest BCUT2D eigenvalue weighted by molar-refractivity contribution is 7.98. The van der Waals surface area contributed by atoms with Gasteiger partial charge in [-0.25, -0.2) is 4.39 Å². The molecule has 0 amide bonds. The van der Waals surface area contributed by atoms with Gasteiger partial charge in [0.1, 0.15) is 5.82 Å². The van der Waals surface area contributed by atoms with Gasteiger partial charge in [0.25, 0.3) is 0 Å². The first-order valence-electron chi connectivity index (χ1n) is 5.34. The summed E-state index contributed by atoms with van der Waals surface area (Å²) < 4.78 is 22.1. The van der Waals surface area contributed by atoms with Gasteiger partial charge in [-0.05, 0) is 24.6 Å². The molecule has 1 aliphatic rings. The van der Waals surface area contributed by atoms with Gasteiger partial charge >= 0.3 is 0 Å². The summed E-state index contributed by atoms with van der Waals surface area (Å²) in [5.41, 5.74) is 0.876. The number of methoxy groups -OCH3 is 1. The molecule has 1 aromatic carbocycles. The maximum absolute atomic E-state index is 13.0. The molecule has 1 heterocycles. The van der Waals surface area contributed by atoms with Crippen molar-refractivity contribution in [3.63, 3.8) is 0 Å². The van der Waals surface area contributed by atoms with E-state index in [0.717, 1.165) is 30.2 Å². The minimum atomic E-state index is -0.246. The number of hydrogen-bond donors (Lipinski definition) is 2. The van der Waals surface area contributed by atoms with Crippen molar-refractivity contribution in [2.24, 2.45) is 4.40 Å². The third-order valence-electron chi connectivity index (χ3n) is 2.25. The van der Waals surface area contributed by atoms with Crippen LogP contribution in [0.1, 0.15) is 6.42 Å². The number of ether oxygens (including phenoxy) is 1. The van der Waals surface area contributed by atoms with Crippen LogP contribution in [-0.4, -0.2) is 26.2 Å². The molecule has 2 rings (SSSR count). The van der Waals surface area contributed by atoms with Crippen LogP contribution in [0.15, 0.2) is 27.5 Å². The van der Waals surface area contributed by atoms with Crippen molar-refractivity contribution < 1.29 is 9.13 Å². The molecular weight excluding hydrogens is 241 g/mol. The Labute approximate surface area is 104 Å². The zero-order chi connectivity index (χ0) is 12.1. The van der Waals surface area contributed by atoms with Crippen LogP contribution >= 0.6 is 11.9 Å². The van der Waals surface area contributed by atoms with Crippen LogP contribution in [0.25, 0.3) is 0 Å². The summed E-state index contributed by atoms with van der Waals surface area (Å²) in [6, 6.07) is 4.61. The normalized spacial score (nSPS) is 13.6. The quantitative estimate of drug-likeness (QED) is 0.640. The van der Waals surface area contributed by atoms with Gasteiger partial charge in [-0.2, -0.15) is 4.40 Å². The lowest BCUT2D eigenvalue weighted by atomic mass is 10.3. The molecule has 2 N–H and O–H groups in total. The number of nitrogens with zero attached hydrogens (tertiary/aromatic N) is 1. The maximum atomic E-state index is 13.0. The average molecular weight is 255 g/mol. The van der Waals surface area contributed by atoms with Crippen LogP contribution in [-0.2, 0) is 4.74 Å². The molecule has 0 radical (unpaired) electrons. The molecule has 0 aliphatic carbocycles. The van der Waals surface area contributed by atoms with Gasteiger partial charge < -0.3 is 15.4 Å². The highest BCUT2D eigenvalue weighted by Crippen LogP contribution is 2.31. The van der Waals surface area contributed by atoms with E-state index < -0.39 is 0 Å². The van der Waals surface area contributed by atoms with E-state index in [-0.39, 0.29) is 5.82 Å². The van der Waals surface area contributed by atoms with Crippen LogP contribution in [0.3, 0.4) is 0 Å². The van der Waals surface area contributed by atoms with Crippen LogP contribution in [0, 0.1) is 5.82 Å². The number of anilines is 1. The molecule has 4 nitrogen and oxygen atoms in total. The van der Waals surface area contributed by atoms with E-state index >= 15 is 0 Å². The second kappa shape index (κ2) is 5.88.